The van der Waals surface area contributed by atoms with Gasteiger partial charge >= 0.3 is 0 Å². The smallest absolute Gasteiger partial charge is 0.0989 e. The van der Waals surface area contributed by atoms with Gasteiger partial charge in [-0.3, -0.25) is 0 Å². The van der Waals surface area contributed by atoms with Gasteiger partial charge in [0.15, 0.2) is 0 Å². The molecule has 0 saturated carbocycles. The fraction of sp³-hybridized carbons (Fsp3) is 1.00. The molecule has 2 rings (SSSR count). The molecule has 148 valence electrons. The normalized spacial score (nSPS) is 35.6. The van der Waals surface area contributed by atoms with E-state index >= 15 is 0 Å². The van der Waals surface area contributed by atoms with Crippen LogP contribution in [-0.2, 0) is 0 Å². The van der Waals surface area contributed by atoms with E-state index in [-0.39, 0.29) is 18.7 Å². The Bertz CT molecular complexity index is 367. The summed E-state index contributed by atoms with van der Waals surface area (Å²) in [6.45, 7) is 0.742. The number of nitrogens with one attached hydrogen (secondary N) is 2. The van der Waals surface area contributed by atoms with Gasteiger partial charge in [0.25, 0.3) is 0 Å². The Labute approximate surface area is 150 Å². The first-order valence-electron chi connectivity index (χ1n) is 9.87. The highest BCUT2D eigenvalue weighted by molar-refractivity contribution is 4.97. The van der Waals surface area contributed by atoms with Crippen molar-refractivity contribution in [1.29, 1.82) is 0 Å². The monoisotopic (exact) mass is 360 g/mol. The molecular weight excluding hydrogens is 324 g/mol. The summed E-state index contributed by atoms with van der Waals surface area (Å²) in [6, 6.07) is -0.591. The zero-order chi connectivity index (χ0) is 18.2. The zero-order valence-corrected chi connectivity index (χ0v) is 15.1. The highest BCUT2D eigenvalue weighted by Crippen LogP contribution is 2.20. The van der Waals surface area contributed by atoms with Crippen molar-refractivity contribution < 1.29 is 25.5 Å². The topological polar surface area (TPSA) is 125 Å². The van der Waals surface area contributed by atoms with Gasteiger partial charge in [0.2, 0.25) is 0 Å². The van der Waals surface area contributed by atoms with Gasteiger partial charge in [0.1, 0.15) is 0 Å². The van der Waals surface area contributed by atoms with E-state index < -0.39 is 30.5 Å². The van der Waals surface area contributed by atoms with Gasteiger partial charge in [0.05, 0.1) is 37.1 Å². The first-order chi connectivity index (χ1) is 12.0. The second-order valence-corrected chi connectivity index (χ2v) is 7.65. The molecule has 2 heterocycles. The number of unbranched alkanes of at least 4 members (excludes halogenated alkanes) is 3. The third-order valence-electron chi connectivity index (χ3n) is 5.72. The Morgan fingerprint density at radius 2 is 1.64 bits per heavy atom. The third-order valence-corrected chi connectivity index (χ3v) is 5.72. The van der Waals surface area contributed by atoms with Crippen molar-refractivity contribution in [1.82, 2.24) is 10.6 Å². The van der Waals surface area contributed by atoms with E-state index in [1.165, 1.54) is 0 Å². The van der Waals surface area contributed by atoms with Crippen LogP contribution in [0.3, 0.4) is 0 Å². The van der Waals surface area contributed by atoms with Crippen LogP contribution in [-0.4, -0.2) is 81.2 Å². The first-order valence-corrected chi connectivity index (χ1v) is 9.87. The fourth-order valence-electron chi connectivity index (χ4n) is 4.04. The van der Waals surface area contributed by atoms with Gasteiger partial charge in [-0.05, 0) is 32.2 Å². The summed E-state index contributed by atoms with van der Waals surface area (Å²) in [6.07, 6.45) is 5.19. The minimum Gasteiger partial charge on any atom is -0.395 e. The van der Waals surface area contributed by atoms with Gasteiger partial charge < -0.3 is 36.2 Å². The van der Waals surface area contributed by atoms with E-state index in [1.807, 2.05) is 0 Å². The Morgan fingerprint density at radius 3 is 2.28 bits per heavy atom. The molecule has 7 N–H and O–H groups in total. The number of hydrogen-bond acceptors (Lipinski definition) is 7. The lowest BCUT2D eigenvalue weighted by Crippen LogP contribution is -2.48. The molecule has 7 heteroatoms. The molecule has 0 aliphatic carbocycles. The largest absolute Gasteiger partial charge is 0.395 e. The Balaban J connectivity index is 1.53. The number of aliphatic hydroxyl groups is 5. The number of piperidine rings is 1. The van der Waals surface area contributed by atoms with Crippen molar-refractivity contribution in [2.45, 2.75) is 100 Å². The molecule has 0 spiro atoms. The van der Waals surface area contributed by atoms with Gasteiger partial charge in [-0.2, -0.15) is 0 Å². The van der Waals surface area contributed by atoms with E-state index in [4.69, 9.17) is 5.11 Å². The zero-order valence-electron chi connectivity index (χ0n) is 15.1. The summed E-state index contributed by atoms with van der Waals surface area (Å²) in [5.74, 6) is 0. The molecule has 0 unspecified atom stereocenters. The van der Waals surface area contributed by atoms with Crippen LogP contribution in [0, 0.1) is 0 Å². The maximum atomic E-state index is 10.2. The number of rotatable bonds is 10. The van der Waals surface area contributed by atoms with Crippen molar-refractivity contribution in [3.8, 4) is 0 Å². The molecular formula is C18H36N2O5. The van der Waals surface area contributed by atoms with Crippen LogP contribution in [0.5, 0.6) is 0 Å². The average Bonchev–Trinajstić information content (AvgIpc) is 2.92. The Morgan fingerprint density at radius 1 is 0.920 bits per heavy atom. The molecule has 2 fully saturated rings. The highest BCUT2D eigenvalue weighted by Gasteiger charge is 2.39. The van der Waals surface area contributed by atoms with Crippen LogP contribution in [0.2, 0.25) is 0 Å². The summed E-state index contributed by atoms with van der Waals surface area (Å²) in [4.78, 5) is 0. The van der Waals surface area contributed by atoms with Crippen molar-refractivity contribution in [3.05, 3.63) is 0 Å². The molecule has 0 amide bonds. The second kappa shape index (κ2) is 10.8. The van der Waals surface area contributed by atoms with Crippen LogP contribution in [0.25, 0.3) is 0 Å². The molecule has 0 aromatic carbocycles. The summed E-state index contributed by atoms with van der Waals surface area (Å²) >= 11 is 0. The molecule has 0 radical (unpaired) electrons. The number of hydrogen-bond donors (Lipinski definition) is 7. The van der Waals surface area contributed by atoms with Crippen LogP contribution < -0.4 is 10.6 Å². The molecule has 2 saturated heterocycles. The molecule has 25 heavy (non-hydrogen) atoms. The van der Waals surface area contributed by atoms with E-state index in [0.29, 0.717) is 6.42 Å². The molecule has 2 aliphatic rings. The minimum absolute atomic E-state index is 0.0181. The number of aliphatic hydroxyl groups excluding tert-OH is 5. The van der Waals surface area contributed by atoms with Crippen LogP contribution >= 0.6 is 0 Å². The summed E-state index contributed by atoms with van der Waals surface area (Å²) in [5, 5.41) is 55.5. The van der Waals surface area contributed by atoms with Crippen molar-refractivity contribution in [2.75, 3.05) is 13.2 Å². The summed E-state index contributed by atoms with van der Waals surface area (Å²) in [5.41, 5.74) is 0. The molecule has 0 bridgehead atoms. The van der Waals surface area contributed by atoms with E-state index in [2.05, 4.69) is 10.6 Å². The third kappa shape index (κ3) is 6.13. The van der Waals surface area contributed by atoms with Gasteiger partial charge in [0, 0.05) is 12.1 Å². The molecule has 7 nitrogen and oxygen atoms in total. The van der Waals surface area contributed by atoms with E-state index in [1.54, 1.807) is 0 Å². The predicted octanol–water partition coefficient (Wildman–Crippen LogP) is -0.755. The van der Waals surface area contributed by atoms with Crippen molar-refractivity contribution >= 4 is 0 Å². The summed E-state index contributed by atoms with van der Waals surface area (Å²) in [7, 11) is 0. The molecule has 0 aromatic rings. The minimum atomic E-state index is -0.903. The van der Waals surface area contributed by atoms with Crippen LogP contribution in [0.4, 0.5) is 0 Å². The quantitative estimate of drug-likeness (QED) is 0.256. The highest BCUT2D eigenvalue weighted by atomic mass is 16.3. The van der Waals surface area contributed by atoms with Gasteiger partial charge in [-0.25, -0.2) is 0 Å². The maximum absolute atomic E-state index is 10.2. The van der Waals surface area contributed by atoms with Crippen molar-refractivity contribution in [3.63, 3.8) is 0 Å². The molecule has 0 aromatic heterocycles. The molecule has 7 atom stereocenters. The van der Waals surface area contributed by atoms with Gasteiger partial charge in [-0.1, -0.05) is 32.1 Å². The fourth-order valence-corrected chi connectivity index (χ4v) is 4.04. The lowest BCUT2D eigenvalue weighted by molar-refractivity contribution is -0.0145. The standard InChI is InChI=1S/C18H36N2O5/c21-11-14-18(25)17(24)13(20-14)8-3-1-2-4-9-15(22)16(23)12-7-5-6-10-19-12/h12-25H,1-11H2/t12-,13+,14+,15-,16-,17+,18+/m0/s1. The van der Waals surface area contributed by atoms with Crippen molar-refractivity contribution in [2.24, 2.45) is 0 Å². The Hall–Kier alpha value is -0.280. The van der Waals surface area contributed by atoms with E-state index in [9.17, 15) is 20.4 Å². The predicted molar refractivity (Wildman–Crippen MR) is 95.2 cm³/mol. The van der Waals surface area contributed by atoms with Crippen LogP contribution in [0.1, 0.15) is 57.8 Å². The SMILES string of the molecule is OC[C@H]1N[C@H](CCCCCC[C@H](O)[C@@H](O)[C@@H]2CCCCN2)[C@@H](O)[C@@H]1O. The summed E-state index contributed by atoms with van der Waals surface area (Å²) < 4.78 is 0. The maximum Gasteiger partial charge on any atom is 0.0989 e. The lowest BCUT2D eigenvalue weighted by Gasteiger charge is -2.30. The Kier molecular flexibility index (Phi) is 9.06. The van der Waals surface area contributed by atoms with Gasteiger partial charge in [-0.15, -0.1) is 0 Å². The first kappa shape index (κ1) is 21.0. The van der Waals surface area contributed by atoms with E-state index in [0.717, 1.165) is 57.9 Å². The second-order valence-electron chi connectivity index (χ2n) is 7.65. The van der Waals surface area contributed by atoms with Crippen LogP contribution in [0.15, 0.2) is 0 Å². The lowest BCUT2D eigenvalue weighted by atomic mass is 9.94. The average molecular weight is 360 g/mol. The molecule has 2 aliphatic heterocycles.